The standard InChI is InChI=1S/C27H28ClF4N7O3/c1-37(13-4-5-13)25(40)23-21(28)18-11-38(8-3-9-39(18)36-23)24-14-12-42-19(10-17(14)34-26(35-24)41-2)20-15(27(30,31)32)6-7-16(33)22(20)29/h6-7,13,19H,3-5,8-12,33H2,1-2H3. The summed E-state index contributed by atoms with van der Waals surface area (Å²) in [5.41, 5.74) is 5.15. The smallest absolute Gasteiger partial charge is 0.416 e. The van der Waals surface area contributed by atoms with Gasteiger partial charge < -0.3 is 25.0 Å². The summed E-state index contributed by atoms with van der Waals surface area (Å²) in [6.45, 7) is 1.13. The van der Waals surface area contributed by atoms with Crippen LogP contribution in [-0.4, -0.2) is 57.3 Å². The minimum Gasteiger partial charge on any atom is -0.467 e. The monoisotopic (exact) mass is 609 g/mol. The molecule has 0 bridgehead atoms. The fraction of sp³-hybridized carbons (Fsp3) is 0.481. The second-order valence-electron chi connectivity index (χ2n) is 10.6. The van der Waals surface area contributed by atoms with Gasteiger partial charge >= 0.3 is 12.2 Å². The van der Waals surface area contributed by atoms with Crippen LogP contribution >= 0.6 is 11.6 Å². The summed E-state index contributed by atoms with van der Waals surface area (Å²) in [5.74, 6) is -0.956. The molecule has 1 fully saturated rings. The second kappa shape index (κ2) is 10.6. The number of fused-ring (bicyclic) bond motifs is 2. The molecule has 6 rings (SSSR count). The van der Waals surface area contributed by atoms with Gasteiger partial charge in [-0.15, -0.1) is 0 Å². The number of rotatable bonds is 5. The van der Waals surface area contributed by atoms with Crippen molar-refractivity contribution in [2.45, 2.75) is 63.7 Å². The number of alkyl halides is 3. The second-order valence-corrected chi connectivity index (χ2v) is 11.0. The van der Waals surface area contributed by atoms with Crippen LogP contribution in [0.4, 0.5) is 29.1 Å². The molecule has 2 N–H and O–H groups in total. The zero-order chi connectivity index (χ0) is 29.9. The van der Waals surface area contributed by atoms with Crippen molar-refractivity contribution in [1.82, 2.24) is 24.6 Å². The lowest BCUT2D eigenvalue weighted by atomic mass is 9.94. The highest BCUT2D eigenvalue weighted by Crippen LogP contribution is 2.43. The van der Waals surface area contributed by atoms with Crippen molar-refractivity contribution in [2.24, 2.45) is 0 Å². The largest absolute Gasteiger partial charge is 0.467 e. The van der Waals surface area contributed by atoms with Crippen LogP contribution in [0.15, 0.2) is 12.1 Å². The molecule has 1 saturated carbocycles. The molecule has 42 heavy (non-hydrogen) atoms. The average molecular weight is 610 g/mol. The number of nitrogen functional groups attached to an aromatic ring is 1. The number of nitrogens with zero attached hydrogens (tertiary/aromatic N) is 6. The first-order valence-electron chi connectivity index (χ1n) is 13.5. The number of benzene rings is 1. The van der Waals surface area contributed by atoms with Gasteiger partial charge in [-0.05, 0) is 31.4 Å². The van der Waals surface area contributed by atoms with Crippen molar-refractivity contribution in [3.05, 3.63) is 56.7 Å². The number of nitrogens with two attached hydrogens (primary N) is 1. The van der Waals surface area contributed by atoms with E-state index in [1.807, 2.05) is 4.90 Å². The Morgan fingerprint density at radius 2 is 2.00 bits per heavy atom. The average Bonchev–Trinajstić information content (AvgIpc) is 3.79. The van der Waals surface area contributed by atoms with Gasteiger partial charge in [0.25, 0.3) is 5.91 Å². The SMILES string of the molecule is COc1nc2c(c(N3CCCn4nc(C(=O)N(C)C5CC5)c(Cl)c4C3)n1)COC(c1c(C(F)(F)F)ccc(N)c1F)C2. The van der Waals surface area contributed by atoms with Crippen LogP contribution < -0.4 is 15.4 Å². The molecule has 1 aliphatic carbocycles. The highest BCUT2D eigenvalue weighted by atomic mass is 35.5. The molecule has 224 valence electrons. The molecule has 15 heteroatoms. The molecule has 3 aromatic rings. The predicted molar refractivity (Wildman–Crippen MR) is 144 cm³/mol. The van der Waals surface area contributed by atoms with E-state index in [4.69, 9.17) is 26.8 Å². The molecule has 0 radical (unpaired) electrons. The molecule has 10 nitrogen and oxygen atoms in total. The molecule has 1 amide bonds. The molecule has 1 aromatic carbocycles. The highest BCUT2D eigenvalue weighted by molar-refractivity contribution is 6.34. The molecule has 1 unspecified atom stereocenters. The van der Waals surface area contributed by atoms with Gasteiger partial charge in [0.05, 0.1) is 54.0 Å². The van der Waals surface area contributed by atoms with Gasteiger partial charge in [-0.1, -0.05) is 11.6 Å². The number of aromatic nitrogens is 4. The summed E-state index contributed by atoms with van der Waals surface area (Å²) in [4.78, 5) is 25.6. The summed E-state index contributed by atoms with van der Waals surface area (Å²) in [6.07, 6.45) is -3.72. The molecular formula is C27H28ClF4N7O3. The van der Waals surface area contributed by atoms with E-state index < -0.39 is 34.9 Å². The van der Waals surface area contributed by atoms with Crippen LogP contribution in [0.2, 0.25) is 5.02 Å². The van der Waals surface area contributed by atoms with Crippen molar-refractivity contribution in [1.29, 1.82) is 0 Å². The third kappa shape index (κ3) is 5.00. The van der Waals surface area contributed by atoms with Gasteiger partial charge in [0, 0.05) is 43.7 Å². The summed E-state index contributed by atoms with van der Waals surface area (Å²) in [5, 5.41) is 4.79. The van der Waals surface area contributed by atoms with Crippen LogP contribution in [0.1, 0.15) is 63.9 Å². The van der Waals surface area contributed by atoms with Crippen LogP contribution in [0.5, 0.6) is 6.01 Å². The predicted octanol–water partition coefficient (Wildman–Crippen LogP) is 4.53. The number of anilines is 2. The number of aryl methyl sites for hydroxylation is 1. The first-order chi connectivity index (χ1) is 20.0. The molecule has 0 spiro atoms. The van der Waals surface area contributed by atoms with Gasteiger partial charge in [-0.3, -0.25) is 9.48 Å². The van der Waals surface area contributed by atoms with E-state index in [2.05, 4.69) is 15.1 Å². The lowest BCUT2D eigenvalue weighted by Crippen LogP contribution is -2.30. The number of carbonyl (C=O) groups excluding carboxylic acids is 1. The normalized spacial score (nSPS) is 18.7. The Morgan fingerprint density at radius 1 is 1.24 bits per heavy atom. The Hall–Kier alpha value is -3.65. The van der Waals surface area contributed by atoms with Crippen molar-refractivity contribution < 1.29 is 31.8 Å². The van der Waals surface area contributed by atoms with E-state index in [-0.39, 0.29) is 48.2 Å². The number of hydrogen-bond acceptors (Lipinski definition) is 8. The van der Waals surface area contributed by atoms with Crippen LogP contribution in [0, 0.1) is 5.82 Å². The van der Waals surface area contributed by atoms with Gasteiger partial charge in [-0.25, -0.2) is 4.39 Å². The number of halogens is 5. The van der Waals surface area contributed by atoms with E-state index in [1.165, 1.54) is 7.11 Å². The summed E-state index contributed by atoms with van der Waals surface area (Å²) in [7, 11) is 3.12. The minimum atomic E-state index is -4.82. The van der Waals surface area contributed by atoms with E-state index in [9.17, 15) is 18.0 Å². The summed E-state index contributed by atoms with van der Waals surface area (Å²) < 4.78 is 69.4. The Balaban J connectivity index is 1.34. The lowest BCUT2D eigenvalue weighted by molar-refractivity contribution is -0.140. The molecule has 2 aliphatic heterocycles. The molecule has 4 heterocycles. The maximum absolute atomic E-state index is 15.0. The Morgan fingerprint density at radius 3 is 2.69 bits per heavy atom. The van der Waals surface area contributed by atoms with Crippen molar-refractivity contribution in [3.63, 3.8) is 0 Å². The highest BCUT2D eigenvalue weighted by Gasteiger charge is 2.40. The molecular weight excluding hydrogens is 582 g/mol. The maximum atomic E-state index is 15.0. The van der Waals surface area contributed by atoms with Crippen LogP contribution in [0.25, 0.3) is 0 Å². The zero-order valence-corrected chi connectivity index (χ0v) is 23.6. The third-order valence-electron chi connectivity index (χ3n) is 7.93. The number of amides is 1. The molecule has 3 aliphatic rings. The van der Waals surface area contributed by atoms with E-state index in [0.717, 1.165) is 25.0 Å². The quantitative estimate of drug-likeness (QED) is 0.332. The number of ether oxygens (including phenoxy) is 2. The molecule has 0 saturated heterocycles. The minimum absolute atomic E-state index is 0.000677. The van der Waals surface area contributed by atoms with Crippen LogP contribution in [0.3, 0.4) is 0 Å². The summed E-state index contributed by atoms with van der Waals surface area (Å²) >= 11 is 6.72. The van der Waals surface area contributed by atoms with Gasteiger partial charge in [0.1, 0.15) is 5.82 Å². The van der Waals surface area contributed by atoms with E-state index >= 15 is 4.39 Å². The van der Waals surface area contributed by atoms with Gasteiger partial charge in [0.15, 0.2) is 11.5 Å². The fourth-order valence-electron chi connectivity index (χ4n) is 5.53. The van der Waals surface area contributed by atoms with E-state index in [0.29, 0.717) is 42.3 Å². The van der Waals surface area contributed by atoms with Gasteiger partial charge in [-0.2, -0.15) is 28.2 Å². The number of carbonyl (C=O) groups is 1. The number of hydrogen-bond donors (Lipinski definition) is 1. The Labute approximate surface area is 243 Å². The Kier molecular flexibility index (Phi) is 7.16. The molecule has 1 atom stereocenters. The first kappa shape index (κ1) is 28.5. The van der Waals surface area contributed by atoms with Crippen molar-refractivity contribution >= 4 is 29.0 Å². The fourth-order valence-corrected chi connectivity index (χ4v) is 5.81. The topological polar surface area (TPSA) is 112 Å². The van der Waals surface area contributed by atoms with Crippen LogP contribution in [-0.2, 0) is 37.0 Å². The lowest BCUT2D eigenvalue weighted by Gasteiger charge is -2.31. The Bertz CT molecular complexity index is 1560. The third-order valence-corrected chi connectivity index (χ3v) is 8.32. The maximum Gasteiger partial charge on any atom is 0.416 e. The summed E-state index contributed by atoms with van der Waals surface area (Å²) in [6, 6.07) is 1.84. The van der Waals surface area contributed by atoms with Gasteiger partial charge in [0.2, 0.25) is 0 Å². The molecule has 2 aromatic heterocycles. The first-order valence-corrected chi connectivity index (χ1v) is 13.8. The van der Waals surface area contributed by atoms with Crippen molar-refractivity contribution in [3.8, 4) is 6.01 Å². The number of methoxy groups -OCH3 is 1. The van der Waals surface area contributed by atoms with E-state index in [1.54, 1.807) is 16.6 Å². The zero-order valence-electron chi connectivity index (χ0n) is 22.8. The van der Waals surface area contributed by atoms with Crippen molar-refractivity contribution in [2.75, 3.05) is 31.3 Å².